The molecule has 1 aromatic carbocycles. The summed E-state index contributed by atoms with van der Waals surface area (Å²) in [6, 6.07) is 4.76. The van der Waals surface area contributed by atoms with E-state index in [4.69, 9.17) is 9.79 Å². The lowest BCUT2D eigenvalue weighted by Gasteiger charge is -2.29. The van der Waals surface area contributed by atoms with E-state index in [0.717, 1.165) is 0 Å². The summed E-state index contributed by atoms with van der Waals surface area (Å²) in [6.45, 7) is 0. The Labute approximate surface area is 139 Å². The van der Waals surface area contributed by atoms with Crippen molar-refractivity contribution in [1.82, 2.24) is 5.32 Å². The molecule has 1 atom stereocenters. The zero-order chi connectivity index (χ0) is 17.9. The van der Waals surface area contributed by atoms with Gasteiger partial charge in [0.05, 0.1) is 11.7 Å². The van der Waals surface area contributed by atoms with Crippen LogP contribution in [-0.2, 0) is 21.2 Å². The Balaban J connectivity index is 1.99. The van der Waals surface area contributed by atoms with Crippen molar-refractivity contribution in [2.75, 3.05) is 5.75 Å². The number of rotatable bonds is 6. The molecule has 9 nitrogen and oxygen atoms in total. The standard InChI is InChI=1S/C13H19BN2O7S/c15-24(21,22)6-2-5-11(17)16-10-7-8-3-1-4-9(13(18)19)12(8)23-14(10)20/h1,3-4,10,13,18-20H,2,5-7H2,(H,16,17)(H2,15,21,22)/t10-/m0/s1. The number of fused-ring (bicyclic) bond motifs is 1. The van der Waals surface area contributed by atoms with Crippen LogP contribution in [0, 0.1) is 0 Å². The minimum Gasteiger partial charge on any atom is -0.534 e. The molecule has 132 valence electrons. The fourth-order valence-corrected chi connectivity index (χ4v) is 3.03. The molecule has 1 aliphatic rings. The molecule has 1 aliphatic heterocycles. The lowest BCUT2D eigenvalue weighted by Crippen LogP contribution is -2.53. The van der Waals surface area contributed by atoms with Crippen molar-refractivity contribution in [3.8, 4) is 5.75 Å². The number of amides is 1. The predicted molar refractivity (Wildman–Crippen MR) is 85.1 cm³/mol. The molecule has 0 bridgehead atoms. The van der Waals surface area contributed by atoms with Crippen LogP contribution in [0.25, 0.3) is 0 Å². The number of benzene rings is 1. The third-order valence-electron chi connectivity index (χ3n) is 3.61. The van der Waals surface area contributed by atoms with Crippen molar-refractivity contribution < 1.29 is 33.1 Å². The summed E-state index contributed by atoms with van der Waals surface area (Å²) in [5.41, 5.74) is 0.741. The molecule has 0 aliphatic carbocycles. The van der Waals surface area contributed by atoms with Crippen LogP contribution in [0.4, 0.5) is 0 Å². The summed E-state index contributed by atoms with van der Waals surface area (Å²) < 4.78 is 26.9. The highest BCUT2D eigenvalue weighted by Gasteiger charge is 2.37. The summed E-state index contributed by atoms with van der Waals surface area (Å²) in [5.74, 6) is -1.29. The number of aliphatic hydroxyl groups is 2. The lowest BCUT2D eigenvalue weighted by atomic mass is 9.72. The summed E-state index contributed by atoms with van der Waals surface area (Å²) >= 11 is 0. The average Bonchev–Trinajstić information content (AvgIpc) is 2.46. The van der Waals surface area contributed by atoms with Crippen molar-refractivity contribution >= 4 is 23.0 Å². The van der Waals surface area contributed by atoms with Gasteiger partial charge in [-0.2, -0.15) is 0 Å². The molecule has 0 radical (unpaired) electrons. The molecule has 2 rings (SSSR count). The van der Waals surface area contributed by atoms with Gasteiger partial charge >= 0.3 is 7.12 Å². The van der Waals surface area contributed by atoms with E-state index >= 15 is 0 Å². The highest BCUT2D eigenvalue weighted by atomic mass is 32.2. The van der Waals surface area contributed by atoms with E-state index in [1.54, 1.807) is 12.1 Å². The van der Waals surface area contributed by atoms with Crippen LogP contribution < -0.4 is 15.1 Å². The van der Waals surface area contributed by atoms with E-state index in [1.807, 2.05) is 0 Å². The molecule has 0 unspecified atom stereocenters. The molecule has 24 heavy (non-hydrogen) atoms. The Bertz CT molecular complexity index is 710. The van der Waals surface area contributed by atoms with Gasteiger partial charge in [-0.05, 0) is 18.4 Å². The fourth-order valence-electron chi connectivity index (χ4n) is 2.49. The predicted octanol–water partition coefficient (Wildman–Crippen LogP) is -1.82. The third kappa shape index (κ3) is 4.92. The second-order valence-corrected chi connectivity index (χ2v) is 7.30. The number of carbonyl (C=O) groups is 1. The van der Waals surface area contributed by atoms with Gasteiger partial charge in [0.1, 0.15) is 5.75 Å². The van der Waals surface area contributed by atoms with Gasteiger partial charge in [-0.25, -0.2) is 13.6 Å². The van der Waals surface area contributed by atoms with Crippen LogP contribution in [-0.4, -0.2) is 48.4 Å². The molecule has 1 aromatic rings. The highest BCUT2D eigenvalue weighted by molar-refractivity contribution is 7.89. The first-order valence-electron chi connectivity index (χ1n) is 7.30. The number of aliphatic hydroxyl groups excluding tert-OH is 1. The zero-order valence-electron chi connectivity index (χ0n) is 12.8. The first-order valence-corrected chi connectivity index (χ1v) is 9.01. The number of sulfonamides is 1. The molecule has 0 saturated carbocycles. The monoisotopic (exact) mass is 358 g/mol. The number of nitrogens with two attached hydrogens (primary N) is 1. The molecule has 0 fully saturated rings. The van der Waals surface area contributed by atoms with E-state index in [2.05, 4.69) is 5.32 Å². The highest BCUT2D eigenvalue weighted by Crippen LogP contribution is 2.32. The van der Waals surface area contributed by atoms with E-state index in [9.17, 15) is 28.4 Å². The van der Waals surface area contributed by atoms with Gasteiger partial charge < -0.3 is 25.2 Å². The Morgan fingerprint density at radius 2 is 2.17 bits per heavy atom. The van der Waals surface area contributed by atoms with Gasteiger partial charge in [-0.3, -0.25) is 4.79 Å². The lowest BCUT2D eigenvalue weighted by molar-refractivity contribution is -0.121. The maximum atomic E-state index is 11.8. The van der Waals surface area contributed by atoms with E-state index in [-0.39, 0.29) is 36.3 Å². The first kappa shape index (κ1) is 18.7. The number of hydrogen-bond donors (Lipinski definition) is 5. The minimum absolute atomic E-state index is 0.0537. The normalized spacial score (nSPS) is 17.4. The van der Waals surface area contributed by atoms with E-state index in [1.165, 1.54) is 6.07 Å². The van der Waals surface area contributed by atoms with Gasteiger partial charge in [0.2, 0.25) is 15.9 Å². The second kappa shape index (κ2) is 7.49. The Morgan fingerprint density at radius 3 is 2.79 bits per heavy atom. The summed E-state index contributed by atoms with van der Waals surface area (Å²) in [5, 5.41) is 36.0. The molecule has 6 N–H and O–H groups in total. The van der Waals surface area contributed by atoms with Crippen molar-refractivity contribution in [3.05, 3.63) is 29.3 Å². The fraction of sp³-hybridized carbons (Fsp3) is 0.462. The molecule has 0 spiro atoms. The molecule has 11 heteroatoms. The van der Waals surface area contributed by atoms with Gasteiger partial charge in [0, 0.05) is 12.0 Å². The SMILES string of the molecule is NS(=O)(=O)CCCC(=O)N[C@H]1Cc2cccc(C(O)O)c2OB1O. The van der Waals surface area contributed by atoms with Crippen molar-refractivity contribution in [2.45, 2.75) is 31.5 Å². The Kier molecular flexibility index (Phi) is 5.83. The smallest absolute Gasteiger partial charge is 0.534 e. The quantitative estimate of drug-likeness (QED) is 0.296. The molecule has 1 amide bonds. The number of para-hydroxylation sites is 1. The Morgan fingerprint density at radius 1 is 1.46 bits per heavy atom. The largest absolute Gasteiger partial charge is 0.547 e. The van der Waals surface area contributed by atoms with Crippen molar-refractivity contribution in [1.29, 1.82) is 0 Å². The van der Waals surface area contributed by atoms with Gasteiger partial charge in [0.15, 0.2) is 6.29 Å². The van der Waals surface area contributed by atoms with Crippen LogP contribution in [0.15, 0.2) is 18.2 Å². The summed E-state index contributed by atoms with van der Waals surface area (Å²) in [7, 11) is -4.98. The topological polar surface area (TPSA) is 159 Å². The minimum atomic E-state index is -3.62. The van der Waals surface area contributed by atoms with Crippen LogP contribution in [0.3, 0.4) is 0 Å². The first-order chi connectivity index (χ1) is 11.2. The second-order valence-electron chi connectivity index (χ2n) is 5.57. The molecule has 0 saturated heterocycles. The molecular weight excluding hydrogens is 339 g/mol. The van der Waals surface area contributed by atoms with Gasteiger partial charge in [-0.15, -0.1) is 0 Å². The third-order valence-corrected chi connectivity index (χ3v) is 4.46. The number of primary sulfonamides is 1. The summed E-state index contributed by atoms with van der Waals surface area (Å²) in [4.78, 5) is 11.8. The van der Waals surface area contributed by atoms with Crippen LogP contribution in [0.1, 0.15) is 30.3 Å². The van der Waals surface area contributed by atoms with Gasteiger partial charge in [-0.1, -0.05) is 18.2 Å². The van der Waals surface area contributed by atoms with E-state index < -0.39 is 35.3 Å². The Hall–Kier alpha value is -1.66. The van der Waals surface area contributed by atoms with Crippen LogP contribution >= 0.6 is 0 Å². The summed E-state index contributed by atoms with van der Waals surface area (Å²) in [6.07, 6.45) is -1.48. The number of nitrogens with one attached hydrogen (secondary N) is 1. The zero-order valence-corrected chi connectivity index (χ0v) is 13.6. The van der Waals surface area contributed by atoms with Gasteiger partial charge in [0.25, 0.3) is 0 Å². The number of carbonyl (C=O) groups excluding carboxylic acids is 1. The van der Waals surface area contributed by atoms with Crippen molar-refractivity contribution in [3.63, 3.8) is 0 Å². The number of hydrogen-bond acceptors (Lipinski definition) is 7. The average molecular weight is 358 g/mol. The molecular formula is C13H19BN2O7S. The van der Waals surface area contributed by atoms with Crippen LogP contribution in [0.5, 0.6) is 5.75 Å². The molecule has 1 heterocycles. The van der Waals surface area contributed by atoms with Crippen LogP contribution in [0.2, 0.25) is 0 Å². The maximum absolute atomic E-state index is 11.8. The maximum Gasteiger partial charge on any atom is 0.547 e. The van der Waals surface area contributed by atoms with E-state index in [0.29, 0.717) is 5.56 Å². The molecule has 0 aromatic heterocycles. The van der Waals surface area contributed by atoms with Crippen molar-refractivity contribution in [2.24, 2.45) is 5.14 Å².